The number of hydrogen-bond donors (Lipinski definition) is 1. The Morgan fingerprint density at radius 2 is 2.10 bits per heavy atom. The normalized spacial score (nSPS) is 19.8. The van der Waals surface area contributed by atoms with Gasteiger partial charge in [-0.05, 0) is 66.3 Å². The number of thiophene rings is 1. The monoisotopic (exact) mass is 424 g/mol. The molecule has 1 aliphatic heterocycles. The molecule has 30 heavy (non-hydrogen) atoms. The molecular weight excluding hydrogens is 396 g/mol. The van der Waals surface area contributed by atoms with Crippen molar-refractivity contribution in [1.29, 1.82) is 0 Å². The maximum absolute atomic E-state index is 12.6. The first-order valence-electron chi connectivity index (χ1n) is 10.5. The van der Waals surface area contributed by atoms with Gasteiger partial charge in [-0.25, -0.2) is 0 Å². The van der Waals surface area contributed by atoms with Crippen LogP contribution in [-0.2, 0) is 16.0 Å². The Labute approximate surface area is 181 Å². The van der Waals surface area contributed by atoms with Crippen LogP contribution in [0.3, 0.4) is 0 Å². The van der Waals surface area contributed by atoms with Crippen molar-refractivity contribution < 1.29 is 14.3 Å². The van der Waals surface area contributed by atoms with E-state index in [1.54, 1.807) is 24.5 Å². The first kappa shape index (κ1) is 20.7. The van der Waals surface area contributed by atoms with Gasteiger partial charge >= 0.3 is 0 Å². The number of nitrogens with zero attached hydrogens (tertiary/aromatic N) is 1. The number of piperidine rings is 1. The molecule has 1 saturated heterocycles. The van der Waals surface area contributed by atoms with E-state index in [-0.39, 0.29) is 23.1 Å². The first-order chi connectivity index (χ1) is 14.6. The zero-order valence-electron chi connectivity index (χ0n) is 17.3. The number of nitrogens with one attached hydrogen (secondary N) is 1. The number of amides is 2. The summed E-state index contributed by atoms with van der Waals surface area (Å²) in [6.07, 6.45) is 7.12. The molecule has 2 aromatic rings. The minimum Gasteiger partial charge on any atom is -0.497 e. The maximum atomic E-state index is 12.6. The number of benzene rings is 1. The molecule has 0 unspecified atom stereocenters. The average molecular weight is 425 g/mol. The van der Waals surface area contributed by atoms with Gasteiger partial charge in [0, 0.05) is 36.5 Å². The lowest BCUT2D eigenvalue weighted by molar-refractivity contribution is -0.127. The molecule has 5 nitrogen and oxygen atoms in total. The summed E-state index contributed by atoms with van der Waals surface area (Å²) in [5.41, 5.74) is 1.26. The van der Waals surface area contributed by atoms with Gasteiger partial charge in [-0.15, -0.1) is 11.3 Å². The molecule has 2 fully saturated rings. The molecule has 1 aromatic heterocycles. The van der Waals surface area contributed by atoms with Crippen LogP contribution in [0.1, 0.15) is 29.7 Å². The molecule has 2 aliphatic rings. The number of likely N-dealkylation sites (tertiary alicyclic amines) is 1. The molecular formula is C24H28N2O3S. The Kier molecular flexibility index (Phi) is 6.23. The van der Waals surface area contributed by atoms with Crippen molar-refractivity contribution in [3.63, 3.8) is 0 Å². The lowest BCUT2D eigenvalue weighted by Crippen LogP contribution is -2.40. The summed E-state index contributed by atoms with van der Waals surface area (Å²) in [4.78, 5) is 28.0. The highest BCUT2D eigenvalue weighted by Gasteiger charge is 2.58. The Morgan fingerprint density at radius 3 is 2.83 bits per heavy atom. The quantitative estimate of drug-likeness (QED) is 0.689. The van der Waals surface area contributed by atoms with Gasteiger partial charge in [0.1, 0.15) is 5.75 Å². The fraction of sp³-hybridized carbons (Fsp3) is 0.417. The van der Waals surface area contributed by atoms with E-state index in [9.17, 15) is 9.59 Å². The fourth-order valence-corrected chi connectivity index (χ4v) is 4.99. The number of rotatable bonds is 7. The summed E-state index contributed by atoms with van der Waals surface area (Å²) >= 11 is 1.62. The second-order valence-corrected chi connectivity index (χ2v) is 9.16. The molecule has 0 bridgehead atoms. The van der Waals surface area contributed by atoms with Crippen LogP contribution in [0, 0.1) is 11.3 Å². The van der Waals surface area contributed by atoms with Gasteiger partial charge in [-0.3, -0.25) is 9.59 Å². The van der Waals surface area contributed by atoms with Crippen LogP contribution in [0.15, 0.2) is 47.9 Å². The van der Waals surface area contributed by atoms with E-state index < -0.39 is 0 Å². The second kappa shape index (κ2) is 9.04. The second-order valence-electron chi connectivity index (χ2n) is 8.19. The van der Waals surface area contributed by atoms with Crippen LogP contribution < -0.4 is 10.1 Å². The SMILES string of the molecule is COc1cccc(CCNC(=O)[C@H]2CC23CCN(C(=O)/C=C/c2cccs2)CC3)c1. The van der Waals surface area contributed by atoms with Crippen molar-refractivity contribution in [2.75, 3.05) is 26.7 Å². The van der Waals surface area contributed by atoms with Gasteiger partial charge in [0.2, 0.25) is 11.8 Å². The Hall–Kier alpha value is -2.60. The maximum Gasteiger partial charge on any atom is 0.246 e. The standard InChI is InChI=1S/C24H28N2O3S/c1-29-19-5-2-4-18(16-19)9-12-25-23(28)21-17-24(21)10-13-26(14-11-24)22(27)8-7-20-6-3-15-30-20/h2-8,15-16,21H,9-14,17H2,1H3,(H,25,28)/b8-7+/t21-/m1/s1. The highest BCUT2D eigenvalue weighted by atomic mass is 32.1. The van der Waals surface area contributed by atoms with Crippen molar-refractivity contribution in [3.05, 3.63) is 58.3 Å². The molecule has 1 atom stereocenters. The van der Waals surface area contributed by atoms with Gasteiger partial charge in [0.05, 0.1) is 7.11 Å². The number of carbonyl (C=O) groups is 2. The summed E-state index contributed by atoms with van der Waals surface area (Å²) in [5.74, 6) is 1.17. The highest BCUT2D eigenvalue weighted by Crippen LogP contribution is 2.59. The lowest BCUT2D eigenvalue weighted by atomic mass is 9.90. The Morgan fingerprint density at radius 1 is 1.27 bits per heavy atom. The van der Waals surface area contributed by atoms with Gasteiger partial charge in [0.15, 0.2) is 0 Å². The molecule has 6 heteroatoms. The van der Waals surface area contributed by atoms with Gasteiger partial charge in [-0.1, -0.05) is 18.2 Å². The van der Waals surface area contributed by atoms with Crippen LogP contribution in [0.4, 0.5) is 0 Å². The summed E-state index contributed by atoms with van der Waals surface area (Å²) in [6, 6.07) is 11.9. The van der Waals surface area contributed by atoms with Crippen LogP contribution in [0.2, 0.25) is 0 Å². The van der Waals surface area contributed by atoms with Gasteiger partial charge in [-0.2, -0.15) is 0 Å². The lowest BCUT2D eigenvalue weighted by Gasteiger charge is -2.32. The largest absolute Gasteiger partial charge is 0.497 e. The molecule has 1 N–H and O–H groups in total. The van der Waals surface area contributed by atoms with E-state index in [0.717, 1.165) is 55.0 Å². The third-order valence-corrected chi connectivity index (χ3v) is 7.20. The van der Waals surface area contributed by atoms with E-state index in [0.29, 0.717) is 6.54 Å². The van der Waals surface area contributed by atoms with Crippen molar-refractivity contribution in [1.82, 2.24) is 10.2 Å². The van der Waals surface area contributed by atoms with E-state index in [1.165, 1.54) is 0 Å². The molecule has 1 aliphatic carbocycles. The fourth-order valence-electron chi connectivity index (χ4n) is 4.37. The predicted octanol–water partition coefficient (Wildman–Crippen LogP) is 3.76. The highest BCUT2D eigenvalue weighted by molar-refractivity contribution is 7.10. The zero-order chi connectivity index (χ0) is 21.0. The number of carbonyl (C=O) groups excluding carboxylic acids is 2. The van der Waals surface area contributed by atoms with Crippen molar-refractivity contribution >= 4 is 29.2 Å². The molecule has 1 spiro atoms. The van der Waals surface area contributed by atoms with E-state index >= 15 is 0 Å². The van der Waals surface area contributed by atoms with E-state index in [1.807, 2.05) is 52.8 Å². The third-order valence-electron chi connectivity index (χ3n) is 6.36. The van der Waals surface area contributed by atoms with E-state index in [4.69, 9.17) is 4.74 Å². The van der Waals surface area contributed by atoms with Gasteiger partial charge < -0.3 is 15.0 Å². The molecule has 158 valence electrons. The predicted molar refractivity (Wildman–Crippen MR) is 119 cm³/mol. The van der Waals surface area contributed by atoms with Crippen molar-refractivity contribution in [2.45, 2.75) is 25.7 Å². The first-order valence-corrected chi connectivity index (χ1v) is 11.4. The minimum atomic E-state index is 0.0678. The minimum absolute atomic E-state index is 0.0678. The number of methoxy groups -OCH3 is 1. The zero-order valence-corrected chi connectivity index (χ0v) is 18.1. The van der Waals surface area contributed by atoms with Crippen LogP contribution >= 0.6 is 11.3 Å². The summed E-state index contributed by atoms with van der Waals surface area (Å²) in [7, 11) is 1.66. The molecule has 2 heterocycles. The molecule has 2 amide bonds. The summed E-state index contributed by atoms with van der Waals surface area (Å²) in [6.45, 7) is 2.11. The Bertz CT molecular complexity index is 914. The van der Waals surface area contributed by atoms with Gasteiger partial charge in [0.25, 0.3) is 0 Å². The van der Waals surface area contributed by atoms with Crippen molar-refractivity contribution in [3.8, 4) is 5.75 Å². The van der Waals surface area contributed by atoms with Crippen molar-refractivity contribution in [2.24, 2.45) is 11.3 Å². The average Bonchev–Trinajstić information content (AvgIpc) is 3.21. The third kappa shape index (κ3) is 4.75. The smallest absolute Gasteiger partial charge is 0.246 e. The molecule has 1 saturated carbocycles. The summed E-state index contributed by atoms with van der Waals surface area (Å²) < 4.78 is 5.25. The topological polar surface area (TPSA) is 58.6 Å². The molecule has 0 radical (unpaired) electrons. The van der Waals surface area contributed by atoms with Crippen LogP contribution in [0.5, 0.6) is 5.75 Å². The Balaban J connectivity index is 1.20. The number of hydrogen-bond acceptors (Lipinski definition) is 4. The van der Waals surface area contributed by atoms with Crippen LogP contribution in [0.25, 0.3) is 6.08 Å². The summed E-state index contributed by atoms with van der Waals surface area (Å²) in [5, 5.41) is 5.11. The molecule has 1 aromatic carbocycles. The molecule has 4 rings (SSSR count). The number of ether oxygens (including phenoxy) is 1. The van der Waals surface area contributed by atoms with Crippen LogP contribution in [-0.4, -0.2) is 43.5 Å². The van der Waals surface area contributed by atoms with E-state index in [2.05, 4.69) is 5.32 Å².